The molecule has 2 aromatic rings. The number of hydrogen-bond donors (Lipinski definition) is 0. The maximum Gasteiger partial charge on any atom is 0.243 e. The van der Waals surface area contributed by atoms with Crippen LogP contribution in [0.3, 0.4) is 0 Å². The van der Waals surface area contributed by atoms with Crippen LogP contribution in [0.5, 0.6) is 0 Å². The summed E-state index contributed by atoms with van der Waals surface area (Å²) < 4.78 is 0. The van der Waals surface area contributed by atoms with Crippen LogP contribution in [-0.2, 0) is 16.0 Å². The zero-order valence-corrected chi connectivity index (χ0v) is 18.4. The van der Waals surface area contributed by atoms with Crippen molar-refractivity contribution in [3.8, 4) is 0 Å². The predicted octanol–water partition coefficient (Wildman–Crippen LogP) is 4.57. The van der Waals surface area contributed by atoms with Gasteiger partial charge in [0.2, 0.25) is 11.8 Å². The molecule has 4 rings (SSSR count). The standard InChI is InChI=1S/C24H30N2O2S/c1-4-17(3)26(24(28)18-9-10-18)15-22(27)25-13-11-21-20(12-14-29-21)23(25)19-8-6-5-7-16(19)2/h5-8,12,14,17-18,23H,4,9-11,13,15H2,1-3H3/t17-,23-/m0/s1. The molecule has 1 saturated carbocycles. The summed E-state index contributed by atoms with van der Waals surface area (Å²) in [5, 5.41) is 2.13. The van der Waals surface area contributed by atoms with Crippen LogP contribution in [-0.4, -0.2) is 40.7 Å². The Labute approximate surface area is 177 Å². The summed E-state index contributed by atoms with van der Waals surface area (Å²) in [7, 11) is 0. The minimum absolute atomic E-state index is 0.0596. The Morgan fingerprint density at radius 2 is 1.97 bits per heavy atom. The van der Waals surface area contributed by atoms with E-state index in [1.54, 1.807) is 11.3 Å². The molecular formula is C24H30N2O2S. The lowest BCUT2D eigenvalue weighted by atomic mass is 9.90. The van der Waals surface area contributed by atoms with E-state index in [2.05, 4.69) is 44.4 Å². The Hall–Kier alpha value is -2.14. The zero-order valence-electron chi connectivity index (χ0n) is 17.6. The van der Waals surface area contributed by atoms with Gasteiger partial charge in [0, 0.05) is 23.4 Å². The summed E-state index contributed by atoms with van der Waals surface area (Å²) in [6.45, 7) is 7.14. The molecule has 1 fully saturated rings. The molecule has 0 N–H and O–H groups in total. The molecule has 1 aromatic carbocycles. The van der Waals surface area contributed by atoms with Crippen LogP contribution >= 0.6 is 11.3 Å². The first-order chi connectivity index (χ1) is 14.0. The Morgan fingerprint density at radius 3 is 2.66 bits per heavy atom. The van der Waals surface area contributed by atoms with Gasteiger partial charge in [-0.15, -0.1) is 11.3 Å². The Bertz CT molecular complexity index is 902. The Balaban J connectivity index is 1.64. The average Bonchev–Trinajstić information content (AvgIpc) is 3.47. The van der Waals surface area contributed by atoms with Gasteiger partial charge in [-0.05, 0) is 67.7 Å². The minimum atomic E-state index is -0.0616. The van der Waals surface area contributed by atoms with Gasteiger partial charge in [-0.1, -0.05) is 31.2 Å². The third-order valence-electron chi connectivity index (χ3n) is 6.41. The molecule has 2 heterocycles. The largest absolute Gasteiger partial charge is 0.330 e. The SMILES string of the molecule is CC[C@H](C)N(CC(=O)N1CCc2sccc2[C@@H]1c1ccccc1C)C(=O)C1CC1. The van der Waals surface area contributed by atoms with Crippen LogP contribution < -0.4 is 0 Å². The van der Waals surface area contributed by atoms with E-state index in [4.69, 9.17) is 0 Å². The van der Waals surface area contributed by atoms with E-state index >= 15 is 0 Å². The van der Waals surface area contributed by atoms with Gasteiger partial charge in [-0.2, -0.15) is 0 Å². The second-order valence-electron chi connectivity index (χ2n) is 8.39. The first-order valence-electron chi connectivity index (χ1n) is 10.7. The fourth-order valence-corrected chi connectivity index (χ4v) is 5.19. The van der Waals surface area contributed by atoms with E-state index in [1.165, 1.54) is 21.6 Å². The van der Waals surface area contributed by atoms with Gasteiger partial charge in [-0.3, -0.25) is 9.59 Å². The zero-order chi connectivity index (χ0) is 20.5. The van der Waals surface area contributed by atoms with E-state index in [-0.39, 0.29) is 36.4 Å². The topological polar surface area (TPSA) is 40.6 Å². The molecule has 5 heteroatoms. The van der Waals surface area contributed by atoms with Crippen molar-refractivity contribution < 1.29 is 9.59 Å². The van der Waals surface area contributed by atoms with Gasteiger partial charge in [-0.25, -0.2) is 0 Å². The van der Waals surface area contributed by atoms with Crippen molar-refractivity contribution in [2.24, 2.45) is 5.92 Å². The first-order valence-corrected chi connectivity index (χ1v) is 11.6. The van der Waals surface area contributed by atoms with Crippen LogP contribution in [0, 0.1) is 12.8 Å². The van der Waals surface area contributed by atoms with Gasteiger partial charge in [0.15, 0.2) is 0 Å². The van der Waals surface area contributed by atoms with E-state index in [0.29, 0.717) is 6.54 Å². The number of thiophene rings is 1. The highest BCUT2D eigenvalue weighted by Gasteiger charge is 2.38. The fraction of sp³-hybridized carbons (Fsp3) is 0.500. The highest BCUT2D eigenvalue weighted by Crippen LogP contribution is 2.39. The molecule has 0 spiro atoms. The van der Waals surface area contributed by atoms with Crippen LogP contribution in [0.15, 0.2) is 35.7 Å². The van der Waals surface area contributed by atoms with Crippen molar-refractivity contribution in [1.29, 1.82) is 0 Å². The van der Waals surface area contributed by atoms with Crippen LogP contribution in [0.4, 0.5) is 0 Å². The number of fused-ring (bicyclic) bond motifs is 1. The molecular weight excluding hydrogens is 380 g/mol. The average molecular weight is 411 g/mol. The molecule has 1 aromatic heterocycles. The third-order valence-corrected chi connectivity index (χ3v) is 7.40. The molecule has 0 bridgehead atoms. The lowest BCUT2D eigenvalue weighted by Crippen LogP contribution is -2.49. The number of carbonyl (C=O) groups excluding carboxylic acids is 2. The van der Waals surface area contributed by atoms with Crippen LogP contribution in [0.2, 0.25) is 0 Å². The van der Waals surface area contributed by atoms with Gasteiger partial charge in [0.05, 0.1) is 6.04 Å². The summed E-state index contributed by atoms with van der Waals surface area (Å²) in [5.41, 5.74) is 3.62. The lowest BCUT2D eigenvalue weighted by Gasteiger charge is -2.39. The smallest absolute Gasteiger partial charge is 0.243 e. The number of nitrogens with zero attached hydrogens (tertiary/aromatic N) is 2. The fourth-order valence-electron chi connectivity index (χ4n) is 4.29. The maximum atomic E-state index is 13.5. The molecule has 0 radical (unpaired) electrons. The predicted molar refractivity (Wildman–Crippen MR) is 117 cm³/mol. The molecule has 0 unspecified atom stereocenters. The first kappa shape index (κ1) is 20.1. The van der Waals surface area contributed by atoms with E-state index in [9.17, 15) is 9.59 Å². The summed E-state index contributed by atoms with van der Waals surface area (Å²) in [5.74, 6) is 0.353. The molecule has 1 aliphatic heterocycles. The number of rotatable bonds is 6. The van der Waals surface area contributed by atoms with Crippen LogP contribution in [0.1, 0.15) is 60.7 Å². The van der Waals surface area contributed by atoms with Crippen molar-refractivity contribution in [2.75, 3.05) is 13.1 Å². The third kappa shape index (κ3) is 3.97. The normalized spacial score (nSPS) is 19.6. The van der Waals surface area contributed by atoms with E-state index < -0.39 is 0 Å². The number of amides is 2. The summed E-state index contributed by atoms with van der Waals surface area (Å²) in [6, 6.07) is 10.5. The summed E-state index contributed by atoms with van der Waals surface area (Å²) >= 11 is 1.78. The monoisotopic (exact) mass is 410 g/mol. The number of carbonyl (C=O) groups is 2. The molecule has 0 saturated heterocycles. The van der Waals surface area contributed by atoms with Crippen molar-refractivity contribution in [3.05, 3.63) is 57.3 Å². The van der Waals surface area contributed by atoms with Crippen LogP contribution in [0.25, 0.3) is 0 Å². The number of hydrogen-bond acceptors (Lipinski definition) is 3. The van der Waals surface area contributed by atoms with Gasteiger partial charge < -0.3 is 9.80 Å². The lowest BCUT2D eigenvalue weighted by molar-refractivity contribution is -0.144. The summed E-state index contributed by atoms with van der Waals surface area (Å²) in [4.78, 5) is 31.6. The molecule has 2 atom stereocenters. The molecule has 4 nitrogen and oxygen atoms in total. The Morgan fingerprint density at radius 1 is 1.21 bits per heavy atom. The second kappa shape index (κ2) is 8.31. The maximum absolute atomic E-state index is 13.5. The van der Waals surface area contributed by atoms with Crippen molar-refractivity contribution in [1.82, 2.24) is 9.80 Å². The van der Waals surface area contributed by atoms with Crippen molar-refractivity contribution in [3.63, 3.8) is 0 Å². The molecule has 29 heavy (non-hydrogen) atoms. The van der Waals surface area contributed by atoms with Gasteiger partial charge >= 0.3 is 0 Å². The van der Waals surface area contributed by atoms with Gasteiger partial charge in [0.25, 0.3) is 0 Å². The quantitative estimate of drug-likeness (QED) is 0.700. The van der Waals surface area contributed by atoms with E-state index in [0.717, 1.165) is 25.7 Å². The van der Waals surface area contributed by atoms with Crippen molar-refractivity contribution in [2.45, 2.75) is 58.5 Å². The highest BCUT2D eigenvalue weighted by molar-refractivity contribution is 7.10. The molecule has 154 valence electrons. The second-order valence-corrected chi connectivity index (χ2v) is 9.39. The highest BCUT2D eigenvalue weighted by atomic mass is 32.1. The number of benzene rings is 1. The van der Waals surface area contributed by atoms with Gasteiger partial charge in [0.1, 0.15) is 6.54 Å². The Kier molecular flexibility index (Phi) is 5.77. The molecule has 2 aliphatic rings. The van der Waals surface area contributed by atoms with E-state index in [1.807, 2.05) is 21.9 Å². The van der Waals surface area contributed by atoms with Crippen molar-refractivity contribution >= 4 is 23.2 Å². The number of aryl methyl sites for hydroxylation is 1. The summed E-state index contributed by atoms with van der Waals surface area (Å²) in [6.07, 6.45) is 3.68. The molecule has 2 amide bonds. The minimum Gasteiger partial charge on any atom is -0.330 e. The molecule has 1 aliphatic carbocycles.